The van der Waals surface area contributed by atoms with Crippen LogP contribution in [-0.2, 0) is 0 Å². The van der Waals surface area contributed by atoms with E-state index in [9.17, 15) is 0 Å². The molecular formula is C19H45N9S. The molecule has 0 aliphatic carbocycles. The Labute approximate surface area is 183 Å². The van der Waals surface area contributed by atoms with Crippen LogP contribution in [-0.4, -0.2) is 44.6 Å². The Hall–Kier alpha value is -2.23. The summed E-state index contributed by atoms with van der Waals surface area (Å²) in [7, 11) is 0. The van der Waals surface area contributed by atoms with Crippen molar-refractivity contribution >= 4 is 11.5 Å². The molecule has 0 amide bonds. The predicted molar refractivity (Wildman–Crippen MR) is 126 cm³/mol. The van der Waals surface area contributed by atoms with E-state index in [2.05, 4.69) is 62.9 Å². The second kappa shape index (κ2) is 20.5. The molecule has 0 saturated heterocycles. The topological polar surface area (TPSA) is 100 Å². The van der Waals surface area contributed by atoms with Crippen molar-refractivity contribution in [3.8, 4) is 0 Å². The summed E-state index contributed by atoms with van der Waals surface area (Å²) in [6, 6.07) is 0.794. The second-order valence-electron chi connectivity index (χ2n) is 5.84. The van der Waals surface area contributed by atoms with Crippen LogP contribution in [0, 0.1) is 0 Å². The van der Waals surface area contributed by atoms with Crippen LogP contribution in [0.3, 0.4) is 0 Å². The minimum absolute atomic E-state index is 0. The number of rotatable bonds is 3. The average Bonchev–Trinajstić information content (AvgIpc) is 3.29. The van der Waals surface area contributed by atoms with Crippen molar-refractivity contribution in [1.82, 2.24) is 44.6 Å². The summed E-state index contributed by atoms with van der Waals surface area (Å²) >= 11 is 1.41. The van der Waals surface area contributed by atoms with Gasteiger partial charge in [0.15, 0.2) is 0 Å². The molecule has 0 unspecified atom stereocenters. The Bertz CT molecular complexity index is 528. The van der Waals surface area contributed by atoms with Crippen LogP contribution in [0.15, 0.2) is 24.4 Å². The molecule has 0 spiro atoms. The molecule has 3 rings (SSSR count). The SMILES string of the molecule is C.C.C.C.C.CC(C)c1csnn1.CC(C)n1cncn1.CC(C)n1cnnn1. The highest BCUT2D eigenvalue weighted by Crippen LogP contribution is 2.10. The highest BCUT2D eigenvalue weighted by atomic mass is 32.1. The maximum Gasteiger partial charge on any atom is 0.138 e. The van der Waals surface area contributed by atoms with Crippen molar-refractivity contribution in [2.45, 2.75) is 96.7 Å². The van der Waals surface area contributed by atoms with Gasteiger partial charge in [-0.25, -0.2) is 9.67 Å². The van der Waals surface area contributed by atoms with E-state index in [4.69, 9.17) is 0 Å². The van der Waals surface area contributed by atoms with Gasteiger partial charge in [0, 0.05) is 17.5 Å². The van der Waals surface area contributed by atoms with E-state index >= 15 is 0 Å². The molecule has 0 atom stereocenters. The van der Waals surface area contributed by atoms with Crippen molar-refractivity contribution < 1.29 is 0 Å². The Balaban J connectivity index is -0.0000000914. The molecule has 3 heterocycles. The summed E-state index contributed by atoms with van der Waals surface area (Å²) in [5.74, 6) is 0.522. The molecule has 0 aliphatic rings. The molecule has 0 saturated carbocycles. The molecule has 0 bridgehead atoms. The molecule has 0 aliphatic heterocycles. The monoisotopic (exact) mass is 431 g/mol. The Morgan fingerprint density at radius 2 is 1.41 bits per heavy atom. The van der Waals surface area contributed by atoms with Crippen molar-refractivity contribution in [2.75, 3.05) is 0 Å². The number of hydrogen-bond donors (Lipinski definition) is 0. The zero-order chi connectivity index (χ0) is 17.9. The quantitative estimate of drug-likeness (QED) is 0.504. The number of tetrazole rings is 1. The zero-order valence-electron chi connectivity index (χ0n) is 15.0. The molecule has 10 heteroatoms. The van der Waals surface area contributed by atoms with Gasteiger partial charge in [-0.05, 0) is 55.6 Å². The third-order valence-corrected chi connectivity index (χ3v) is 3.35. The minimum Gasteiger partial charge on any atom is -0.250 e. The molecular weight excluding hydrogens is 386 g/mol. The van der Waals surface area contributed by atoms with Gasteiger partial charge in [0.1, 0.15) is 19.0 Å². The van der Waals surface area contributed by atoms with Crippen LogP contribution in [0.25, 0.3) is 0 Å². The smallest absolute Gasteiger partial charge is 0.138 e. The van der Waals surface area contributed by atoms with Gasteiger partial charge in [0.25, 0.3) is 0 Å². The highest BCUT2D eigenvalue weighted by molar-refractivity contribution is 7.03. The summed E-state index contributed by atoms with van der Waals surface area (Å²) in [6.45, 7) is 12.4. The molecule has 0 aromatic carbocycles. The van der Waals surface area contributed by atoms with E-state index in [-0.39, 0.29) is 37.1 Å². The van der Waals surface area contributed by atoms with E-state index < -0.39 is 0 Å². The standard InChI is InChI=1S/C5H9N3.C5H8N2S.C4H8N4.5CH4/c1-5(2)8-4-6-3-7-8;1-4(2)5-3-8-7-6-5;1-4(2)8-3-5-6-7-8;;;;;/h3-5H,1-2H3;2*3-4H,1-2H3;5*1H4. The normalized spacial score (nSPS) is 8.59. The first kappa shape index (κ1) is 37.5. The van der Waals surface area contributed by atoms with Crippen molar-refractivity contribution in [3.05, 3.63) is 30.1 Å². The fraction of sp³-hybridized carbons (Fsp3) is 0.737. The van der Waals surface area contributed by atoms with E-state index in [0.29, 0.717) is 18.0 Å². The van der Waals surface area contributed by atoms with Gasteiger partial charge >= 0.3 is 0 Å². The number of nitrogens with zero attached hydrogens (tertiary/aromatic N) is 9. The van der Waals surface area contributed by atoms with Gasteiger partial charge in [0.2, 0.25) is 0 Å². The molecule has 0 fully saturated rings. The van der Waals surface area contributed by atoms with Gasteiger partial charge in [-0.3, -0.25) is 4.68 Å². The van der Waals surface area contributed by atoms with Crippen molar-refractivity contribution in [3.63, 3.8) is 0 Å². The minimum atomic E-state index is 0. The first-order valence-electron chi connectivity index (χ1n) is 7.75. The lowest BCUT2D eigenvalue weighted by Crippen LogP contribution is -2.00. The molecule has 9 nitrogen and oxygen atoms in total. The molecule has 0 N–H and O–H groups in total. The maximum atomic E-state index is 3.92. The molecule has 0 radical (unpaired) electrons. The summed E-state index contributed by atoms with van der Waals surface area (Å²) in [5, 5.41) is 20.4. The lowest BCUT2D eigenvalue weighted by atomic mass is 10.2. The van der Waals surface area contributed by atoms with Gasteiger partial charge in [-0.2, -0.15) is 5.10 Å². The summed E-state index contributed by atoms with van der Waals surface area (Å²) in [4.78, 5) is 3.80. The molecule has 29 heavy (non-hydrogen) atoms. The third-order valence-electron chi connectivity index (χ3n) is 2.83. The van der Waals surface area contributed by atoms with Crippen molar-refractivity contribution in [1.29, 1.82) is 0 Å². The van der Waals surface area contributed by atoms with E-state index in [0.717, 1.165) is 5.69 Å². The van der Waals surface area contributed by atoms with Crippen LogP contribution in [0.5, 0.6) is 0 Å². The second-order valence-corrected chi connectivity index (χ2v) is 6.45. The Kier molecular flexibility index (Phi) is 26.5. The molecule has 3 aromatic heterocycles. The van der Waals surface area contributed by atoms with E-state index in [1.54, 1.807) is 28.3 Å². The number of aromatic nitrogens is 9. The highest BCUT2D eigenvalue weighted by Gasteiger charge is 1.99. The number of hydrogen-bond acceptors (Lipinski definition) is 8. The Morgan fingerprint density at radius 3 is 1.62 bits per heavy atom. The summed E-state index contributed by atoms with van der Waals surface area (Å²) in [5.41, 5.74) is 1.09. The van der Waals surface area contributed by atoms with Crippen LogP contribution >= 0.6 is 11.5 Å². The third kappa shape index (κ3) is 15.4. The summed E-state index contributed by atoms with van der Waals surface area (Å²) < 4.78 is 7.24. The van der Waals surface area contributed by atoms with Crippen LogP contribution in [0.2, 0.25) is 0 Å². The largest absolute Gasteiger partial charge is 0.250 e. The first-order valence-corrected chi connectivity index (χ1v) is 8.59. The first-order chi connectivity index (χ1) is 11.4. The molecule has 172 valence electrons. The van der Waals surface area contributed by atoms with Gasteiger partial charge in [-0.1, -0.05) is 55.5 Å². The zero-order valence-corrected chi connectivity index (χ0v) is 15.8. The predicted octanol–water partition coefficient (Wildman–Crippen LogP) is 5.96. The lowest BCUT2D eigenvalue weighted by molar-refractivity contribution is 0.514. The fourth-order valence-corrected chi connectivity index (χ4v) is 1.93. The maximum absolute atomic E-state index is 3.92. The van der Waals surface area contributed by atoms with Gasteiger partial charge in [-0.15, -0.1) is 10.2 Å². The van der Waals surface area contributed by atoms with Crippen LogP contribution in [0.4, 0.5) is 0 Å². The lowest BCUT2D eigenvalue weighted by Gasteiger charge is -2.00. The van der Waals surface area contributed by atoms with Gasteiger partial charge < -0.3 is 0 Å². The van der Waals surface area contributed by atoms with Crippen LogP contribution < -0.4 is 0 Å². The van der Waals surface area contributed by atoms with E-state index in [1.165, 1.54) is 11.5 Å². The van der Waals surface area contributed by atoms with Crippen LogP contribution in [0.1, 0.15) is 102 Å². The Morgan fingerprint density at radius 1 is 0.828 bits per heavy atom. The van der Waals surface area contributed by atoms with Gasteiger partial charge in [0.05, 0.1) is 5.69 Å². The molecule has 3 aromatic rings. The van der Waals surface area contributed by atoms with E-state index in [1.807, 2.05) is 19.2 Å². The fourth-order valence-electron chi connectivity index (χ4n) is 1.31. The van der Waals surface area contributed by atoms with Crippen molar-refractivity contribution in [2.24, 2.45) is 0 Å². The summed E-state index contributed by atoms with van der Waals surface area (Å²) in [6.07, 6.45) is 4.86. The average molecular weight is 432 g/mol.